The van der Waals surface area contributed by atoms with Crippen molar-refractivity contribution in [2.24, 2.45) is 0 Å². The molecular formula is C14H20Cl2O. The number of unbranched alkanes of at least 4 members (excludes halogenated alkanes) is 5. The molecule has 0 saturated heterocycles. The highest BCUT2D eigenvalue weighted by molar-refractivity contribution is 6.35. The lowest BCUT2D eigenvalue weighted by Crippen LogP contribution is -1.88. The Labute approximate surface area is 114 Å². The van der Waals surface area contributed by atoms with Gasteiger partial charge in [-0.1, -0.05) is 62.2 Å². The summed E-state index contributed by atoms with van der Waals surface area (Å²) in [6.45, 7) is 2.21. The van der Waals surface area contributed by atoms with E-state index in [-0.39, 0.29) is 5.75 Å². The highest BCUT2D eigenvalue weighted by Crippen LogP contribution is 2.32. The van der Waals surface area contributed by atoms with Crippen LogP contribution in [0.5, 0.6) is 5.75 Å². The second-order valence-electron chi connectivity index (χ2n) is 4.41. The summed E-state index contributed by atoms with van der Waals surface area (Å²) in [5, 5.41) is 10.7. The summed E-state index contributed by atoms with van der Waals surface area (Å²) in [4.78, 5) is 0. The SMILES string of the molecule is CCCCCCCCc1cc(Cl)cc(Cl)c1O. The summed E-state index contributed by atoms with van der Waals surface area (Å²) in [5.41, 5.74) is 0.859. The van der Waals surface area contributed by atoms with Crippen molar-refractivity contribution in [1.29, 1.82) is 0 Å². The fourth-order valence-electron chi connectivity index (χ4n) is 1.91. The smallest absolute Gasteiger partial charge is 0.137 e. The molecule has 1 aromatic rings. The van der Waals surface area contributed by atoms with Crippen molar-refractivity contribution in [2.45, 2.75) is 51.9 Å². The topological polar surface area (TPSA) is 20.2 Å². The highest BCUT2D eigenvalue weighted by Gasteiger charge is 2.07. The van der Waals surface area contributed by atoms with Gasteiger partial charge in [-0.25, -0.2) is 0 Å². The van der Waals surface area contributed by atoms with Crippen molar-refractivity contribution in [1.82, 2.24) is 0 Å². The van der Waals surface area contributed by atoms with E-state index in [1.54, 1.807) is 12.1 Å². The van der Waals surface area contributed by atoms with Gasteiger partial charge in [0, 0.05) is 5.02 Å². The molecule has 3 heteroatoms. The van der Waals surface area contributed by atoms with Crippen LogP contribution in [0.2, 0.25) is 10.0 Å². The second-order valence-corrected chi connectivity index (χ2v) is 5.26. The summed E-state index contributed by atoms with van der Waals surface area (Å²) in [5.74, 6) is 0.185. The number of hydrogen-bond donors (Lipinski definition) is 1. The first-order valence-electron chi connectivity index (χ1n) is 6.32. The molecule has 0 radical (unpaired) electrons. The van der Waals surface area contributed by atoms with Crippen LogP contribution in [0, 0.1) is 0 Å². The largest absolute Gasteiger partial charge is 0.506 e. The van der Waals surface area contributed by atoms with Crippen LogP contribution in [0.4, 0.5) is 0 Å². The molecule has 0 atom stereocenters. The zero-order chi connectivity index (χ0) is 12.7. The molecule has 0 amide bonds. The van der Waals surface area contributed by atoms with Crippen molar-refractivity contribution in [3.8, 4) is 5.75 Å². The van der Waals surface area contributed by atoms with Crippen LogP contribution in [0.1, 0.15) is 51.0 Å². The van der Waals surface area contributed by atoms with E-state index in [1.165, 1.54) is 32.1 Å². The Morgan fingerprint density at radius 2 is 1.65 bits per heavy atom. The Hall–Kier alpha value is -0.400. The molecule has 0 saturated carbocycles. The molecular weight excluding hydrogens is 255 g/mol. The maximum absolute atomic E-state index is 9.77. The maximum atomic E-state index is 9.77. The van der Waals surface area contributed by atoms with Gasteiger partial charge < -0.3 is 5.11 Å². The standard InChI is InChI=1S/C14H20Cl2O/c1-2-3-4-5-6-7-8-11-9-12(15)10-13(16)14(11)17/h9-10,17H,2-8H2,1H3. The Balaban J connectivity index is 2.36. The molecule has 17 heavy (non-hydrogen) atoms. The van der Waals surface area contributed by atoms with Gasteiger partial charge >= 0.3 is 0 Å². The van der Waals surface area contributed by atoms with Gasteiger partial charge in [0.1, 0.15) is 5.75 Å². The minimum atomic E-state index is 0.185. The van der Waals surface area contributed by atoms with Crippen LogP contribution in [0.25, 0.3) is 0 Å². The minimum absolute atomic E-state index is 0.185. The van der Waals surface area contributed by atoms with Gasteiger partial charge in [-0.15, -0.1) is 0 Å². The zero-order valence-electron chi connectivity index (χ0n) is 10.3. The molecule has 96 valence electrons. The van der Waals surface area contributed by atoms with Gasteiger partial charge in [0.05, 0.1) is 5.02 Å². The second kappa shape index (κ2) is 7.84. The number of phenolic OH excluding ortho intramolecular Hbond substituents is 1. The molecule has 1 N–H and O–H groups in total. The third kappa shape index (κ3) is 5.18. The first-order chi connectivity index (χ1) is 8.15. The zero-order valence-corrected chi connectivity index (χ0v) is 11.8. The Bertz CT molecular complexity index is 350. The number of aromatic hydroxyl groups is 1. The van der Waals surface area contributed by atoms with Crippen molar-refractivity contribution in [3.63, 3.8) is 0 Å². The van der Waals surface area contributed by atoms with Gasteiger partial charge in [-0.05, 0) is 30.5 Å². The molecule has 0 spiro atoms. The highest BCUT2D eigenvalue weighted by atomic mass is 35.5. The van der Waals surface area contributed by atoms with E-state index >= 15 is 0 Å². The average molecular weight is 275 g/mol. The first-order valence-corrected chi connectivity index (χ1v) is 7.07. The van der Waals surface area contributed by atoms with Crippen LogP contribution in [0.3, 0.4) is 0 Å². The summed E-state index contributed by atoms with van der Waals surface area (Å²) in [6, 6.07) is 3.37. The number of benzene rings is 1. The molecule has 0 aromatic heterocycles. The average Bonchev–Trinajstić information content (AvgIpc) is 2.29. The molecule has 0 aliphatic carbocycles. The van der Waals surface area contributed by atoms with Gasteiger partial charge in [-0.3, -0.25) is 0 Å². The predicted molar refractivity (Wildman–Crippen MR) is 75.2 cm³/mol. The Kier molecular flexibility index (Phi) is 6.76. The van der Waals surface area contributed by atoms with E-state index in [0.29, 0.717) is 10.0 Å². The van der Waals surface area contributed by atoms with Gasteiger partial charge in [0.25, 0.3) is 0 Å². The molecule has 0 heterocycles. The number of hydrogen-bond acceptors (Lipinski definition) is 1. The Morgan fingerprint density at radius 3 is 2.35 bits per heavy atom. The van der Waals surface area contributed by atoms with Crippen molar-refractivity contribution in [2.75, 3.05) is 0 Å². The third-order valence-corrected chi connectivity index (χ3v) is 3.41. The maximum Gasteiger partial charge on any atom is 0.137 e. The third-order valence-electron chi connectivity index (χ3n) is 2.91. The quantitative estimate of drug-likeness (QED) is 0.642. The lowest BCUT2D eigenvalue weighted by molar-refractivity contribution is 0.466. The number of phenols is 1. The molecule has 0 aliphatic rings. The molecule has 0 bridgehead atoms. The van der Waals surface area contributed by atoms with E-state index in [0.717, 1.165) is 18.4 Å². The lowest BCUT2D eigenvalue weighted by atomic mass is 10.0. The van der Waals surface area contributed by atoms with E-state index in [4.69, 9.17) is 23.2 Å². The van der Waals surface area contributed by atoms with Crippen LogP contribution in [0.15, 0.2) is 12.1 Å². The van der Waals surface area contributed by atoms with Crippen LogP contribution in [-0.2, 0) is 6.42 Å². The van der Waals surface area contributed by atoms with Crippen molar-refractivity contribution >= 4 is 23.2 Å². The Morgan fingerprint density at radius 1 is 1.00 bits per heavy atom. The van der Waals surface area contributed by atoms with E-state index < -0.39 is 0 Å². The summed E-state index contributed by atoms with van der Waals surface area (Å²) in [7, 11) is 0. The number of halogens is 2. The van der Waals surface area contributed by atoms with Gasteiger partial charge in [0.2, 0.25) is 0 Å². The van der Waals surface area contributed by atoms with Crippen LogP contribution in [-0.4, -0.2) is 5.11 Å². The van der Waals surface area contributed by atoms with Crippen LogP contribution >= 0.6 is 23.2 Å². The minimum Gasteiger partial charge on any atom is -0.506 e. The monoisotopic (exact) mass is 274 g/mol. The van der Waals surface area contributed by atoms with E-state index in [2.05, 4.69) is 6.92 Å². The summed E-state index contributed by atoms with van der Waals surface area (Å²) >= 11 is 11.8. The van der Waals surface area contributed by atoms with Gasteiger partial charge in [-0.2, -0.15) is 0 Å². The summed E-state index contributed by atoms with van der Waals surface area (Å²) in [6.07, 6.45) is 8.27. The molecule has 0 unspecified atom stereocenters. The van der Waals surface area contributed by atoms with Crippen LogP contribution < -0.4 is 0 Å². The normalized spacial score (nSPS) is 10.8. The van der Waals surface area contributed by atoms with E-state index in [1.807, 2.05) is 0 Å². The fourth-order valence-corrected chi connectivity index (χ4v) is 2.44. The fraction of sp³-hybridized carbons (Fsp3) is 0.571. The predicted octanol–water partition coefficient (Wildman–Crippen LogP) is 5.60. The number of rotatable bonds is 7. The van der Waals surface area contributed by atoms with E-state index in [9.17, 15) is 5.11 Å². The molecule has 1 nitrogen and oxygen atoms in total. The lowest BCUT2D eigenvalue weighted by Gasteiger charge is -2.07. The molecule has 1 rings (SSSR count). The summed E-state index contributed by atoms with van der Waals surface area (Å²) < 4.78 is 0. The number of aryl methyl sites for hydroxylation is 1. The van der Waals surface area contributed by atoms with Gasteiger partial charge in [0.15, 0.2) is 0 Å². The molecule has 0 aliphatic heterocycles. The molecule has 1 aromatic carbocycles. The van der Waals surface area contributed by atoms with Crippen molar-refractivity contribution in [3.05, 3.63) is 27.7 Å². The molecule has 0 fully saturated rings. The first kappa shape index (κ1) is 14.7. The van der Waals surface area contributed by atoms with Crippen molar-refractivity contribution < 1.29 is 5.11 Å².